The molecule has 1 N–H and O–H groups in total. The van der Waals surface area contributed by atoms with Crippen molar-refractivity contribution in [2.75, 3.05) is 6.54 Å². The summed E-state index contributed by atoms with van der Waals surface area (Å²) in [5.74, 6) is 1.65. The first-order chi connectivity index (χ1) is 9.97. The Morgan fingerprint density at radius 3 is 2.86 bits per heavy atom. The van der Waals surface area contributed by atoms with Crippen molar-refractivity contribution in [1.82, 2.24) is 10.3 Å². The van der Waals surface area contributed by atoms with E-state index in [1.54, 1.807) is 11.3 Å². The molecule has 0 fully saturated rings. The van der Waals surface area contributed by atoms with E-state index in [9.17, 15) is 4.79 Å². The standard InChI is InChI=1S/C16H20N2O2S/c1-8(2)7-17-16(19)15-9(3)13-11(20-15)5-6-12-14(13)18-10(4)21-12/h8H,5-7H2,1-4H3,(H,17,19). The Kier molecular flexibility index (Phi) is 3.61. The van der Waals surface area contributed by atoms with Crippen molar-refractivity contribution in [2.45, 2.75) is 40.5 Å². The summed E-state index contributed by atoms with van der Waals surface area (Å²) >= 11 is 1.74. The molecule has 0 saturated heterocycles. The third-order valence-electron chi connectivity index (χ3n) is 3.72. The van der Waals surface area contributed by atoms with Crippen LogP contribution in [0.3, 0.4) is 0 Å². The van der Waals surface area contributed by atoms with Crippen molar-refractivity contribution in [2.24, 2.45) is 5.92 Å². The van der Waals surface area contributed by atoms with Crippen LogP contribution in [0, 0.1) is 19.8 Å². The Balaban J connectivity index is 1.97. The highest BCUT2D eigenvalue weighted by molar-refractivity contribution is 7.12. The molecule has 0 unspecified atom stereocenters. The van der Waals surface area contributed by atoms with E-state index < -0.39 is 0 Å². The molecule has 0 atom stereocenters. The van der Waals surface area contributed by atoms with Crippen molar-refractivity contribution in [3.8, 4) is 11.3 Å². The summed E-state index contributed by atoms with van der Waals surface area (Å²) in [4.78, 5) is 18.2. The fourth-order valence-electron chi connectivity index (χ4n) is 2.71. The number of nitrogens with zero attached hydrogens (tertiary/aromatic N) is 1. The number of furan rings is 1. The summed E-state index contributed by atoms with van der Waals surface area (Å²) in [7, 11) is 0. The third kappa shape index (κ3) is 2.50. The number of hydrogen-bond donors (Lipinski definition) is 1. The SMILES string of the molecule is Cc1nc2c(s1)CCc1oc(C(=O)NCC(C)C)c(C)c1-2. The van der Waals surface area contributed by atoms with Crippen LogP contribution in [0.5, 0.6) is 0 Å². The van der Waals surface area contributed by atoms with Crippen LogP contribution in [0.25, 0.3) is 11.3 Å². The minimum atomic E-state index is -0.121. The first kappa shape index (κ1) is 14.3. The average Bonchev–Trinajstić information content (AvgIpc) is 2.95. The highest BCUT2D eigenvalue weighted by Crippen LogP contribution is 2.40. The lowest BCUT2D eigenvalue weighted by Crippen LogP contribution is -2.27. The Morgan fingerprint density at radius 1 is 1.38 bits per heavy atom. The Hall–Kier alpha value is -1.62. The number of fused-ring (bicyclic) bond motifs is 3. The molecule has 0 radical (unpaired) electrons. The van der Waals surface area contributed by atoms with Crippen LogP contribution in [0.1, 0.15) is 45.6 Å². The molecule has 2 aromatic rings. The summed E-state index contributed by atoms with van der Waals surface area (Å²) in [6, 6.07) is 0. The van der Waals surface area contributed by atoms with Crippen LogP contribution in [-0.4, -0.2) is 17.4 Å². The molecule has 0 spiro atoms. The van der Waals surface area contributed by atoms with Gasteiger partial charge in [0, 0.05) is 29.0 Å². The van der Waals surface area contributed by atoms with Crippen LogP contribution in [0.2, 0.25) is 0 Å². The molecular weight excluding hydrogens is 284 g/mol. The summed E-state index contributed by atoms with van der Waals surface area (Å²) in [6.45, 7) is 8.78. The van der Waals surface area contributed by atoms with Gasteiger partial charge in [-0.1, -0.05) is 13.8 Å². The van der Waals surface area contributed by atoms with Crippen LogP contribution >= 0.6 is 11.3 Å². The number of aryl methyl sites for hydroxylation is 3. The largest absolute Gasteiger partial charge is 0.455 e. The van der Waals surface area contributed by atoms with E-state index >= 15 is 0 Å². The molecule has 1 aliphatic rings. The number of carbonyl (C=O) groups is 1. The number of thiazole rings is 1. The van der Waals surface area contributed by atoms with Gasteiger partial charge in [-0.25, -0.2) is 4.98 Å². The number of rotatable bonds is 3. The second-order valence-corrected chi connectivity index (χ2v) is 7.25. The molecule has 0 aromatic carbocycles. The Bertz CT molecular complexity index is 697. The minimum Gasteiger partial charge on any atom is -0.455 e. The topological polar surface area (TPSA) is 55.1 Å². The van der Waals surface area contributed by atoms with Crippen LogP contribution in [0.15, 0.2) is 4.42 Å². The highest BCUT2D eigenvalue weighted by Gasteiger charge is 2.29. The number of carbonyl (C=O) groups excluding carboxylic acids is 1. The van der Waals surface area contributed by atoms with Crippen molar-refractivity contribution in [3.05, 3.63) is 27.0 Å². The molecule has 0 bridgehead atoms. The maximum Gasteiger partial charge on any atom is 0.287 e. The maximum absolute atomic E-state index is 12.3. The summed E-state index contributed by atoms with van der Waals surface area (Å²) < 4.78 is 5.85. The number of amides is 1. The fraction of sp³-hybridized carbons (Fsp3) is 0.500. The fourth-order valence-corrected chi connectivity index (χ4v) is 3.66. The first-order valence-electron chi connectivity index (χ1n) is 7.34. The molecule has 1 amide bonds. The lowest BCUT2D eigenvalue weighted by atomic mass is 9.97. The lowest BCUT2D eigenvalue weighted by Gasteiger charge is -2.09. The molecule has 112 valence electrons. The molecule has 0 saturated carbocycles. The van der Waals surface area contributed by atoms with Gasteiger partial charge in [-0.05, 0) is 26.2 Å². The van der Waals surface area contributed by atoms with Crippen LogP contribution in [-0.2, 0) is 12.8 Å². The van der Waals surface area contributed by atoms with Gasteiger partial charge in [0.25, 0.3) is 5.91 Å². The van der Waals surface area contributed by atoms with E-state index in [4.69, 9.17) is 4.42 Å². The predicted molar refractivity (Wildman–Crippen MR) is 83.9 cm³/mol. The number of hydrogen-bond acceptors (Lipinski definition) is 4. The smallest absolute Gasteiger partial charge is 0.287 e. The van der Waals surface area contributed by atoms with Gasteiger partial charge >= 0.3 is 0 Å². The van der Waals surface area contributed by atoms with Crippen molar-refractivity contribution >= 4 is 17.2 Å². The average molecular weight is 304 g/mol. The van der Waals surface area contributed by atoms with Gasteiger partial charge < -0.3 is 9.73 Å². The van der Waals surface area contributed by atoms with Gasteiger partial charge in [0.1, 0.15) is 5.76 Å². The van der Waals surface area contributed by atoms with Crippen molar-refractivity contribution in [3.63, 3.8) is 0 Å². The predicted octanol–water partition coefficient (Wildman–Crippen LogP) is 3.50. The second-order valence-electron chi connectivity index (χ2n) is 5.96. The molecule has 5 heteroatoms. The van der Waals surface area contributed by atoms with E-state index in [1.807, 2.05) is 13.8 Å². The van der Waals surface area contributed by atoms with Gasteiger partial charge in [0.05, 0.1) is 10.7 Å². The summed E-state index contributed by atoms with van der Waals surface area (Å²) in [6.07, 6.45) is 1.80. The Morgan fingerprint density at radius 2 is 2.14 bits per heavy atom. The second kappa shape index (κ2) is 5.30. The molecule has 2 aromatic heterocycles. The van der Waals surface area contributed by atoms with E-state index in [0.717, 1.165) is 40.4 Å². The molecule has 4 nitrogen and oxygen atoms in total. The van der Waals surface area contributed by atoms with E-state index in [1.165, 1.54) is 4.88 Å². The zero-order valence-corrected chi connectivity index (χ0v) is 13.7. The van der Waals surface area contributed by atoms with E-state index in [-0.39, 0.29) is 5.91 Å². The van der Waals surface area contributed by atoms with Gasteiger partial charge in [-0.15, -0.1) is 11.3 Å². The van der Waals surface area contributed by atoms with E-state index in [0.29, 0.717) is 18.2 Å². The van der Waals surface area contributed by atoms with Crippen LogP contribution in [0.4, 0.5) is 0 Å². The molecular formula is C16H20N2O2S. The molecule has 21 heavy (non-hydrogen) atoms. The first-order valence-corrected chi connectivity index (χ1v) is 8.16. The van der Waals surface area contributed by atoms with Gasteiger partial charge in [0.2, 0.25) is 0 Å². The lowest BCUT2D eigenvalue weighted by molar-refractivity contribution is 0.0918. The summed E-state index contributed by atoms with van der Waals surface area (Å²) in [5.41, 5.74) is 2.97. The quantitative estimate of drug-likeness (QED) is 0.944. The Labute approximate surface area is 128 Å². The highest BCUT2D eigenvalue weighted by atomic mass is 32.1. The monoisotopic (exact) mass is 304 g/mol. The molecule has 3 rings (SSSR count). The van der Waals surface area contributed by atoms with Gasteiger partial charge in [0.15, 0.2) is 5.76 Å². The number of nitrogens with one attached hydrogen (secondary N) is 1. The van der Waals surface area contributed by atoms with Crippen molar-refractivity contribution < 1.29 is 9.21 Å². The van der Waals surface area contributed by atoms with Crippen LogP contribution < -0.4 is 5.32 Å². The van der Waals surface area contributed by atoms with Gasteiger partial charge in [-0.3, -0.25) is 4.79 Å². The van der Waals surface area contributed by atoms with E-state index in [2.05, 4.69) is 24.1 Å². The number of aromatic nitrogens is 1. The molecule has 1 aliphatic carbocycles. The van der Waals surface area contributed by atoms with Gasteiger partial charge in [-0.2, -0.15) is 0 Å². The molecule has 2 heterocycles. The van der Waals surface area contributed by atoms with Crippen molar-refractivity contribution in [1.29, 1.82) is 0 Å². The zero-order chi connectivity index (χ0) is 15.1. The maximum atomic E-state index is 12.3. The zero-order valence-electron chi connectivity index (χ0n) is 12.9. The third-order valence-corrected chi connectivity index (χ3v) is 4.75. The summed E-state index contributed by atoms with van der Waals surface area (Å²) in [5, 5.41) is 4.00. The normalized spacial score (nSPS) is 13.2. The minimum absolute atomic E-state index is 0.121. The molecule has 0 aliphatic heterocycles.